The fraction of sp³-hybridized carbons (Fsp3) is 0.923. The second kappa shape index (κ2) is 10.5. The van der Waals surface area contributed by atoms with E-state index >= 15 is 0 Å². The van der Waals surface area contributed by atoms with Crippen molar-refractivity contribution in [1.29, 1.82) is 0 Å². The van der Waals surface area contributed by atoms with E-state index in [-0.39, 0.29) is 0 Å². The van der Waals surface area contributed by atoms with Crippen LogP contribution in [0, 0.1) is 0 Å². The SMILES string of the molecule is CC(O)C(=O)[O-].CCC[N+](C)(CCC)CCC. The summed E-state index contributed by atoms with van der Waals surface area (Å²) in [7, 11) is 2.39. The van der Waals surface area contributed by atoms with Crippen molar-refractivity contribution in [3.63, 3.8) is 0 Å². The molecule has 0 aromatic carbocycles. The third-order valence-electron chi connectivity index (χ3n) is 2.63. The minimum absolute atomic E-state index is 1.13. The van der Waals surface area contributed by atoms with Crippen LogP contribution in [0.5, 0.6) is 0 Å². The molecule has 104 valence electrons. The fourth-order valence-electron chi connectivity index (χ4n) is 1.95. The van der Waals surface area contributed by atoms with Crippen LogP contribution < -0.4 is 5.11 Å². The summed E-state index contributed by atoms with van der Waals surface area (Å²) in [4.78, 5) is 9.34. The predicted molar refractivity (Wildman–Crippen MR) is 68.3 cm³/mol. The number of carbonyl (C=O) groups excluding carboxylic acids is 1. The lowest BCUT2D eigenvalue weighted by molar-refractivity contribution is -0.909. The highest BCUT2D eigenvalue weighted by atomic mass is 16.4. The minimum atomic E-state index is -1.44. The first-order chi connectivity index (χ1) is 7.82. The monoisotopic (exact) mass is 247 g/mol. The summed E-state index contributed by atoms with van der Waals surface area (Å²) in [5, 5.41) is 17.3. The van der Waals surface area contributed by atoms with Crippen molar-refractivity contribution in [3.05, 3.63) is 0 Å². The quantitative estimate of drug-likeness (QED) is 0.676. The minimum Gasteiger partial charge on any atom is -0.547 e. The van der Waals surface area contributed by atoms with Crippen molar-refractivity contribution in [1.82, 2.24) is 0 Å². The Kier molecular flexibility index (Phi) is 11.6. The number of quaternary nitrogens is 1. The lowest BCUT2D eigenvalue weighted by atomic mass is 10.2. The molecule has 0 rings (SSSR count). The largest absolute Gasteiger partial charge is 0.547 e. The number of rotatable bonds is 7. The van der Waals surface area contributed by atoms with E-state index in [2.05, 4.69) is 27.8 Å². The summed E-state index contributed by atoms with van der Waals surface area (Å²) >= 11 is 0. The molecule has 0 amide bonds. The van der Waals surface area contributed by atoms with Crippen LogP contribution in [0.2, 0.25) is 0 Å². The lowest BCUT2D eigenvalue weighted by Gasteiger charge is -2.33. The van der Waals surface area contributed by atoms with Crippen LogP contribution in [0.3, 0.4) is 0 Å². The second-order valence-electron chi connectivity index (χ2n) is 4.79. The molecule has 1 N–H and O–H groups in total. The van der Waals surface area contributed by atoms with Gasteiger partial charge in [0.1, 0.15) is 0 Å². The Hall–Kier alpha value is -0.610. The first-order valence-corrected chi connectivity index (χ1v) is 6.55. The molecule has 0 fully saturated rings. The van der Waals surface area contributed by atoms with Gasteiger partial charge in [0.05, 0.1) is 38.8 Å². The van der Waals surface area contributed by atoms with Crippen LogP contribution in [0.25, 0.3) is 0 Å². The molecular formula is C13H29NO3. The Balaban J connectivity index is 0. The van der Waals surface area contributed by atoms with Gasteiger partial charge in [-0.2, -0.15) is 0 Å². The van der Waals surface area contributed by atoms with E-state index in [1.807, 2.05) is 0 Å². The first kappa shape index (κ1) is 18.7. The van der Waals surface area contributed by atoms with Crippen molar-refractivity contribution in [2.75, 3.05) is 26.7 Å². The smallest absolute Gasteiger partial charge is 0.0905 e. The van der Waals surface area contributed by atoms with Gasteiger partial charge in [-0.1, -0.05) is 20.8 Å². The Labute approximate surface area is 106 Å². The first-order valence-electron chi connectivity index (χ1n) is 6.55. The summed E-state index contributed by atoms with van der Waals surface area (Å²) in [6, 6.07) is 0. The van der Waals surface area contributed by atoms with Gasteiger partial charge in [0.15, 0.2) is 0 Å². The average Bonchev–Trinajstić information content (AvgIpc) is 2.19. The van der Waals surface area contributed by atoms with Gasteiger partial charge in [-0.25, -0.2) is 0 Å². The Morgan fingerprint density at radius 1 is 1.12 bits per heavy atom. The van der Waals surface area contributed by atoms with Crippen LogP contribution in [0.4, 0.5) is 0 Å². The summed E-state index contributed by atoms with van der Waals surface area (Å²) in [5.41, 5.74) is 0. The number of hydrogen-bond acceptors (Lipinski definition) is 3. The highest BCUT2D eigenvalue weighted by Crippen LogP contribution is 2.06. The van der Waals surface area contributed by atoms with E-state index in [9.17, 15) is 9.90 Å². The third kappa shape index (κ3) is 11.6. The maximum atomic E-state index is 9.34. The van der Waals surface area contributed by atoms with Gasteiger partial charge < -0.3 is 19.5 Å². The molecule has 17 heavy (non-hydrogen) atoms. The summed E-state index contributed by atoms with van der Waals surface area (Å²) < 4.78 is 1.28. The van der Waals surface area contributed by atoms with Crippen LogP contribution >= 0.6 is 0 Å². The van der Waals surface area contributed by atoms with E-state index in [0.717, 1.165) is 6.92 Å². The van der Waals surface area contributed by atoms with Crippen molar-refractivity contribution in [2.45, 2.75) is 53.1 Å². The highest BCUT2D eigenvalue weighted by Gasteiger charge is 2.16. The molecule has 0 aromatic rings. The van der Waals surface area contributed by atoms with Crippen molar-refractivity contribution >= 4 is 5.97 Å². The lowest BCUT2D eigenvalue weighted by Crippen LogP contribution is -2.45. The van der Waals surface area contributed by atoms with Crippen molar-refractivity contribution < 1.29 is 19.5 Å². The van der Waals surface area contributed by atoms with E-state index in [4.69, 9.17) is 5.11 Å². The number of carbonyl (C=O) groups is 1. The average molecular weight is 247 g/mol. The molecule has 1 unspecified atom stereocenters. The van der Waals surface area contributed by atoms with E-state index in [1.165, 1.54) is 43.4 Å². The van der Waals surface area contributed by atoms with Crippen LogP contribution in [-0.2, 0) is 4.79 Å². The van der Waals surface area contributed by atoms with E-state index in [1.54, 1.807) is 0 Å². The molecule has 0 saturated heterocycles. The van der Waals surface area contributed by atoms with Crippen molar-refractivity contribution in [2.24, 2.45) is 0 Å². The zero-order valence-corrected chi connectivity index (χ0v) is 12.0. The molecule has 0 aliphatic carbocycles. The third-order valence-corrected chi connectivity index (χ3v) is 2.63. The van der Waals surface area contributed by atoms with Gasteiger partial charge >= 0.3 is 0 Å². The van der Waals surface area contributed by atoms with Gasteiger partial charge in [-0.3, -0.25) is 0 Å². The number of carboxylic acid groups (broad SMARTS) is 1. The topological polar surface area (TPSA) is 60.4 Å². The molecule has 0 radical (unpaired) electrons. The molecule has 1 atom stereocenters. The zero-order valence-electron chi connectivity index (χ0n) is 12.0. The molecule has 0 aromatic heterocycles. The Bertz CT molecular complexity index is 176. The predicted octanol–water partition coefficient (Wildman–Crippen LogP) is 0.780. The summed E-state index contributed by atoms with van der Waals surface area (Å²) in [5.74, 6) is -1.44. The highest BCUT2D eigenvalue weighted by molar-refractivity contribution is 5.68. The zero-order chi connectivity index (χ0) is 13.9. The van der Waals surface area contributed by atoms with E-state index in [0.29, 0.717) is 0 Å². The Morgan fingerprint density at radius 3 is 1.47 bits per heavy atom. The molecule has 0 aliphatic rings. The number of aliphatic carboxylic acids is 1. The second-order valence-corrected chi connectivity index (χ2v) is 4.79. The Morgan fingerprint density at radius 2 is 1.35 bits per heavy atom. The van der Waals surface area contributed by atoms with Gasteiger partial charge in [0.25, 0.3) is 0 Å². The van der Waals surface area contributed by atoms with Crippen LogP contribution in [-0.4, -0.2) is 48.3 Å². The standard InChI is InChI=1S/C10H24N.C3H6O3/c1-5-8-11(4,9-6-2)10-7-3;1-2(4)3(5)6/h5-10H2,1-4H3;2,4H,1H3,(H,5,6)/q+1;/p-1. The summed E-state index contributed by atoms with van der Waals surface area (Å²) in [6.07, 6.45) is 2.61. The maximum Gasteiger partial charge on any atom is 0.0905 e. The summed E-state index contributed by atoms with van der Waals surface area (Å²) in [6.45, 7) is 12.0. The molecule has 0 heterocycles. The number of nitrogens with zero attached hydrogens (tertiary/aromatic N) is 1. The van der Waals surface area contributed by atoms with E-state index < -0.39 is 12.1 Å². The van der Waals surface area contributed by atoms with Crippen LogP contribution in [0.1, 0.15) is 47.0 Å². The number of aliphatic hydroxyl groups excluding tert-OH is 1. The number of carboxylic acids is 1. The molecule has 0 aliphatic heterocycles. The molecule has 0 spiro atoms. The van der Waals surface area contributed by atoms with Gasteiger partial charge in [0.2, 0.25) is 0 Å². The number of aliphatic hydroxyl groups is 1. The molecule has 0 saturated carbocycles. The maximum absolute atomic E-state index is 9.34. The molecule has 4 heteroatoms. The van der Waals surface area contributed by atoms with Gasteiger partial charge in [-0.15, -0.1) is 0 Å². The normalized spacial score (nSPS) is 12.6. The molecule has 0 bridgehead atoms. The number of hydrogen-bond donors (Lipinski definition) is 1. The van der Waals surface area contributed by atoms with Gasteiger partial charge in [0, 0.05) is 0 Å². The van der Waals surface area contributed by atoms with Crippen LogP contribution in [0.15, 0.2) is 0 Å². The van der Waals surface area contributed by atoms with Crippen molar-refractivity contribution in [3.8, 4) is 0 Å². The molecule has 4 nitrogen and oxygen atoms in total. The van der Waals surface area contributed by atoms with Gasteiger partial charge in [-0.05, 0) is 26.2 Å². The molecular weight excluding hydrogens is 218 g/mol. The fourth-order valence-corrected chi connectivity index (χ4v) is 1.95.